The van der Waals surface area contributed by atoms with Crippen LogP contribution in [-0.2, 0) is 19.1 Å². The summed E-state index contributed by atoms with van der Waals surface area (Å²) in [5.74, 6) is -2.06. The molecule has 4 amide bonds. The highest BCUT2D eigenvalue weighted by atomic mass is 35.5. The van der Waals surface area contributed by atoms with Crippen LogP contribution in [0.1, 0.15) is 55.5 Å². The highest BCUT2D eigenvalue weighted by Gasteiger charge is 2.38. The van der Waals surface area contributed by atoms with Crippen molar-refractivity contribution in [2.45, 2.75) is 65.6 Å². The number of amides is 4. The van der Waals surface area contributed by atoms with Crippen LogP contribution in [0.4, 0.5) is 10.5 Å². The van der Waals surface area contributed by atoms with Crippen molar-refractivity contribution in [1.82, 2.24) is 10.2 Å². The molecule has 9 nitrogen and oxygen atoms in total. The Morgan fingerprint density at radius 3 is 2.13 bits per heavy atom. The van der Waals surface area contributed by atoms with Gasteiger partial charge in [-0.05, 0) is 69.9 Å². The topological polar surface area (TPSA) is 131 Å². The zero-order chi connectivity index (χ0) is 29.5. The summed E-state index contributed by atoms with van der Waals surface area (Å²) in [6.45, 7) is 14.1. The summed E-state index contributed by atoms with van der Waals surface area (Å²) in [6.07, 6.45) is 0.0537. The Hall–Kier alpha value is -3.85. The van der Waals surface area contributed by atoms with Crippen LogP contribution in [0, 0.1) is 20.8 Å². The van der Waals surface area contributed by atoms with E-state index in [1.54, 1.807) is 45.9 Å². The maximum absolute atomic E-state index is 14.0. The van der Waals surface area contributed by atoms with Crippen LogP contribution in [0.2, 0.25) is 5.02 Å². The van der Waals surface area contributed by atoms with E-state index in [4.69, 9.17) is 22.1 Å². The largest absolute Gasteiger partial charge is 0.444 e. The molecule has 2 aromatic carbocycles. The Labute approximate surface area is 234 Å². The minimum atomic E-state index is -1.39. The minimum Gasteiger partial charge on any atom is -0.444 e. The van der Waals surface area contributed by atoms with E-state index in [9.17, 15) is 19.2 Å². The third-order valence-electron chi connectivity index (χ3n) is 5.85. The lowest BCUT2D eigenvalue weighted by Crippen LogP contribution is -2.53. The first kappa shape index (κ1) is 31.4. The van der Waals surface area contributed by atoms with Gasteiger partial charge in [0.05, 0.1) is 17.1 Å². The molecule has 0 heterocycles. The number of hydrogen-bond donors (Lipinski definition) is 3. The number of anilines is 1. The number of nitrogens with zero attached hydrogens (tertiary/aromatic N) is 1. The second kappa shape index (κ2) is 13.3. The molecule has 210 valence electrons. The Morgan fingerprint density at radius 1 is 1.05 bits per heavy atom. The van der Waals surface area contributed by atoms with E-state index >= 15 is 0 Å². The molecule has 0 aliphatic heterocycles. The Balaban J connectivity index is 2.63. The van der Waals surface area contributed by atoms with Gasteiger partial charge < -0.3 is 26.0 Å². The van der Waals surface area contributed by atoms with Crippen LogP contribution < -0.4 is 16.4 Å². The van der Waals surface area contributed by atoms with Crippen molar-refractivity contribution in [3.05, 3.63) is 76.3 Å². The van der Waals surface area contributed by atoms with Gasteiger partial charge in [0.2, 0.25) is 11.8 Å². The van der Waals surface area contributed by atoms with Gasteiger partial charge in [-0.15, -0.1) is 6.58 Å². The molecule has 0 saturated heterocycles. The first-order valence-corrected chi connectivity index (χ1v) is 12.8. The van der Waals surface area contributed by atoms with Crippen LogP contribution in [0.5, 0.6) is 0 Å². The number of para-hydroxylation sites is 1. The third-order valence-corrected chi connectivity index (χ3v) is 6.16. The Kier molecular flexibility index (Phi) is 10.7. The number of carbonyl (C=O) groups excluding carboxylic acids is 4. The average Bonchev–Trinajstić information content (AvgIpc) is 2.80. The molecule has 0 bridgehead atoms. The highest BCUT2D eigenvalue weighted by Crippen LogP contribution is 2.32. The van der Waals surface area contributed by atoms with Gasteiger partial charge in [0.15, 0.2) is 0 Å². The number of alkyl carbamates (subject to hydrolysis) is 1. The lowest BCUT2D eigenvalue weighted by Gasteiger charge is -2.35. The van der Waals surface area contributed by atoms with Crippen LogP contribution in [0.3, 0.4) is 0 Å². The molecule has 0 aliphatic rings. The number of benzene rings is 2. The summed E-state index contributed by atoms with van der Waals surface area (Å²) in [5.41, 5.74) is 7.83. The number of halogens is 1. The quantitative estimate of drug-likeness (QED) is 0.364. The molecule has 0 aromatic heterocycles. The summed E-state index contributed by atoms with van der Waals surface area (Å²) >= 11 is 6.38. The molecule has 0 spiro atoms. The third kappa shape index (κ3) is 8.58. The van der Waals surface area contributed by atoms with E-state index in [1.165, 1.54) is 11.0 Å². The fourth-order valence-electron chi connectivity index (χ4n) is 4.18. The molecule has 0 fully saturated rings. The molecular formula is C29H37ClN4O5. The number of aryl methyl sites for hydroxylation is 3. The molecule has 0 aliphatic carbocycles. The number of nitrogens with two attached hydrogens (primary N) is 1. The fraction of sp³-hybridized carbons (Fsp3) is 0.379. The second-order valence-electron chi connectivity index (χ2n) is 10.3. The Morgan fingerprint density at radius 2 is 1.62 bits per heavy atom. The van der Waals surface area contributed by atoms with Crippen LogP contribution in [-0.4, -0.2) is 46.9 Å². The van der Waals surface area contributed by atoms with Crippen molar-refractivity contribution in [3.8, 4) is 0 Å². The van der Waals surface area contributed by atoms with E-state index in [0.29, 0.717) is 16.3 Å². The molecular weight excluding hydrogens is 520 g/mol. The number of carbonyl (C=O) groups is 4. The minimum absolute atomic E-state index is 0.0720. The summed E-state index contributed by atoms with van der Waals surface area (Å²) in [4.78, 5) is 53.7. The van der Waals surface area contributed by atoms with Crippen molar-refractivity contribution in [1.29, 1.82) is 0 Å². The number of hydrogen-bond acceptors (Lipinski definition) is 5. The molecule has 4 N–H and O–H groups in total. The second-order valence-corrected chi connectivity index (χ2v) is 10.7. The standard InChI is InChI=1S/C29H37ClN4O5/c1-8-15-34(27(37)21(16-22(31)35)32-28(38)39-29(5,6)7)25(23-17(2)11-9-12-18(23)3)26(36)33-24-19(4)13-10-14-20(24)30/h8-14,21,25H,1,15-16H2,2-7H3,(H2,31,35)(H,32,38)(H,33,36). The van der Waals surface area contributed by atoms with Crippen molar-refractivity contribution in [3.63, 3.8) is 0 Å². The lowest BCUT2D eigenvalue weighted by molar-refractivity contribution is -0.141. The lowest BCUT2D eigenvalue weighted by atomic mass is 9.93. The first-order valence-electron chi connectivity index (χ1n) is 12.5. The van der Waals surface area contributed by atoms with Crippen LogP contribution >= 0.6 is 11.6 Å². The van der Waals surface area contributed by atoms with Gasteiger partial charge in [-0.1, -0.05) is 48.0 Å². The summed E-state index contributed by atoms with van der Waals surface area (Å²) in [6, 6.07) is 8.18. The highest BCUT2D eigenvalue weighted by molar-refractivity contribution is 6.34. The zero-order valence-corrected chi connectivity index (χ0v) is 24.0. The number of ether oxygens (including phenoxy) is 1. The van der Waals surface area contributed by atoms with Gasteiger partial charge in [-0.3, -0.25) is 14.4 Å². The molecule has 2 unspecified atom stereocenters. The van der Waals surface area contributed by atoms with Crippen molar-refractivity contribution in [2.24, 2.45) is 5.73 Å². The van der Waals surface area contributed by atoms with Crippen molar-refractivity contribution >= 4 is 41.1 Å². The van der Waals surface area contributed by atoms with Crippen LogP contribution in [0.25, 0.3) is 0 Å². The van der Waals surface area contributed by atoms with Gasteiger partial charge in [-0.25, -0.2) is 4.79 Å². The van der Waals surface area contributed by atoms with Crippen molar-refractivity contribution < 1.29 is 23.9 Å². The van der Waals surface area contributed by atoms with E-state index in [0.717, 1.165) is 16.7 Å². The normalized spacial score (nSPS) is 12.6. The van der Waals surface area contributed by atoms with Gasteiger partial charge in [0.25, 0.3) is 5.91 Å². The number of nitrogens with one attached hydrogen (secondary N) is 2. The van der Waals surface area contributed by atoms with E-state index in [1.807, 2.05) is 32.0 Å². The van der Waals surface area contributed by atoms with E-state index in [-0.39, 0.29) is 6.54 Å². The van der Waals surface area contributed by atoms with Gasteiger partial charge in [0, 0.05) is 6.54 Å². The van der Waals surface area contributed by atoms with Crippen LogP contribution in [0.15, 0.2) is 49.1 Å². The fourth-order valence-corrected chi connectivity index (χ4v) is 4.45. The van der Waals surface area contributed by atoms with Crippen molar-refractivity contribution in [2.75, 3.05) is 11.9 Å². The smallest absolute Gasteiger partial charge is 0.408 e. The van der Waals surface area contributed by atoms with E-state index < -0.39 is 47.9 Å². The SMILES string of the molecule is C=CCN(C(=O)C(CC(N)=O)NC(=O)OC(C)(C)C)C(C(=O)Nc1c(C)cccc1Cl)c1c(C)cccc1C. The summed E-state index contributed by atoms with van der Waals surface area (Å²) < 4.78 is 5.29. The number of primary amides is 1. The molecule has 2 rings (SSSR count). The first-order chi connectivity index (χ1) is 18.2. The average molecular weight is 557 g/mol. The predicted octanol–water partition coefficient (Wildman–Crippen LogP) is 4.73. The Bertz CT molecular complexity index is 1210. The van der Waals surface area contributed by atoms with Gasteiger partial charge in [-0.2, -0.15) is 0 Å². The van der Waals surface area contributed by atoms with E-state index in [2.05, 4.69) is 17.2 Å². The molecule has 10 heteroatoms. The monoisotopic (exact) mass is 556 g/mol. The molecule has 2 atom stereocenters. The zero-order valence-electron chi connectivity index (χ0n) is 23.3. The molecule has 0 radical (unpaired) electrons. The number of rotatable bonds is 10. The molecule has 39 heavy (non-hydrogen) atoms. The van der Waals surface area contributed by atoms with Gasteiger partial charge in [0.1, 0.15) is 17.7 Å². The predicted molar refractivity (Wildman–Crippen MR) is 152 cm³/mol. The summed E-state index contributed by atoms with van der Waals surface area (Å²) in [5, 5.41) is 5.66. The molecule has 2 aromatic rings. The maximum atomic E-state index is 14.0. The van der Waals surface area contributed by atoms with Gasteiger partial charge >= 0.3 is 6.09 Å². The molecule has 0 saturated carbocycles. The maximum Gasteiger partial charge on any atom is 0.408 e. The summed E-state index contributed by atoms with van der Waals surface area (Å²) in [7, 11) is 0.